The van der Waals surface area contributed by atoms with Crippen molar-refractivity contribution in [1.29, 1.82) is 0 Å². The van der Waals surface area contributed by atoms with Crippen molar-refractivity contribution in [3.8, 4) is 0 Å². The SMILES string of the molecule is O=S(=O)(C=CC1CCCO1)N1CCc2ccc(C(F)(F)F)cc2C1. The highest BCUT2D eigenvalue weighted by molar-refractivity contribution is 7.92. The molecule has 132 valence electrons. The van der Waals surface area contributed by atoms with Gasteiger partial charge in [0.1, 0.15) is 0 Å². The number of sulfonamides is 1. The van der Waals surface area contributed by atoms with Crippen LogP contribution in [-0.2, 0) is 33.9 Å². The maximum atomic E-state index is 12.8. The second-order valence-corrected chi connectivity index (χ2v) is 7.81. The lowest BCUT2D eigenvalue weighted by Crippen LogP contribution is -2.35. The van der Waals surface area contributed by atoms with Gasteiger partial charge in [-0.1, -0.05) is 6.07 Å². The van der Waals surface area contributed by atoms with Crippen LogP contribution < -0.4 is 0 Å². The van der Waals surface area contributed by atoms with E-state index >= 15 is 0 Å². The molecule has 1 fully saturated rings. The number of hydrogen-bond donors (Lipinski definition) is 0. The van der Waals surface area contributed by atoms with Crippen LogP contribution in [0, 0.1) is 0 Å². The molecule has 8 heteroatoms. The highest BCUT2D eigenvalue weighted by atomic mass is 32.2. The van der Waals surface area contributed by atoms with Gasteiger partial charge in [0, 0.05) is 25.1 Å². The van der Waals surface area contributed by atoms with E-state index in [1.54, 1.807) is 0 Å². The Hall–Kier alpha value is -1.38. The minimum Gasteiger partial charge on any atom is -0.374 e. The topological polar surface area (TPSA) is 46.6 Å². The predicted molar refractivity (Wildman–Crippen MR) is 82.6 cm³/mol. The summed E-state index contributed by atoms with van der Waals surface area (Å²) in [6, 6.07) is 3.52. The van der Waals surface area contributed by atoms with Gasteiger partial charge in [0.25, 0.3) is 0 Å². The third-order valence-corrected chi connectivity index (χ3v) is 5.83. The molecule has 24 heavy (non-hydrogen) atoms. The van der Waals surface area contributed by atoms with Gasteiger partial charge >= 0.3 is 6.18 Å². The van der Waals surface area contributed by atoms with Crippen molar-refractivity contribution in [1.82, 2.24) is 4.31 Å². The lowest BCUT2D eigenvalue weighted by atomic mass is 9.98. The Morgan fingerprint density at radius 2 is 2.04 bits per heavy atom. The lowest BCUT2D eigenvalue weighted by Gasteiger charge is -2.27. The average molecular weight is 361 g/mol. The lowest BCUT2D eigenvalue weighted by molar-refractivity contribution is -0.137. The summed E-state index contributed by atoms with van der Waals surface area (Å²) < 4.78 is 69.8. The van der Waals surface area contributed by atoms with Crippen LogP contribution in [0.5, 0.6) is 0 Å². The first-order chi connectivity index (χ1) is 11.3. The first-order valence-electron chi connectivity index (χ1n) is 7.75. The molecule has 0 aliphatic carbocycles. The first kappa shape index (κ1) is 17.4. The number of nitrogens with zero attached hydrogens (tertiary/aromatic N) is 1. The van der Waals surface area contributed by atoms with E-state index in [-0.39, 0.29) is 19.2 Å². The maximum absolute atomic E-state index is 12.8. The van der Waals surface area contributed by atoms with E-state index in [2.05, 4.69) is 0 Å². The Morgan fingerprint density at radius 3 is 2.71 bits per heavy atom. The van der Waals surface area contributed by atoms with E-state index in [1.165, 1.54) is 16.4 Å². The number of benzene rings is 1. The molecule has 2 aliphatic heterocycles. The highest BCUT2D eigenvalue weighted by Gasteiger charge is 2.32. The molecule has 1 unspecified atom stereocenters. The molecule has 4 nitrogen and oxygen atoms in total. The molecule has 0 radical (unpaired) electrons. The van der Waals surface area contributed by atoms with E-state index in [1.807, 2.05) is 0 Å². The summed E-state index contributed by atoms with van der Waals surface area (Å²) in [6.07, 6.45) is -1.04. The van der Waals surface area contributed by atoms with Crippen LogP contribution in [0.2, 0.25) is 0 Å². The van der Waals surface area contributed by atoms with Gasteiger partial charge in [0.05, 0.1) is 11.7 Å². The Bertz CT molecular complexity index is 737. The molecule has 0 spiro atoms. The van der Waals surface area contributed by atoms with Crippen molar-refractivity contribution >= 4 is 10.0 Å². The van der Waals surface area contributed by atoms with Gasteiger partial charge in [-0.05, 0) is 48.6 Å². The summed E-state index contributed by atoms with van der Waals surface area (Å²) in [5.74, 6) is 0. The third kappa shape index (κ3) is 3.81. The van der Waals surface area contributed by atoms with Gasteiger partial charge in [0.2, 0.25) is 10.0 Å². The molecule has 2 aliphatic rings. The largest absolute Gasteiger partial charge is 0.416 e. The Balaban J connectivity index is 1.78. The van der Waals surface area contributed by atoms with E-state index < -0.39 is 21.8 Å². The maximum Gasteiger partial charge on any atom is 0.416 e. The van der Waals surface area contributed by atoms with Crippen LogP contribution in [0.1, 0.15) is 29.5 Å². The molecule has 1 atom stereocenters. The molecule has 0 bridgehead atoms. The molecular weight excluding hydrogens is 343 g/mol. The standard InChI is InChI=1S/C16H18F3NO3S/c17-16(18,19)14-4-3-12-5-7-20(11-13(12)10-14)24(21,22)9-6-15-2-1-8-23-15/h3-4,6,9-10,15H,1-2,5,7-8,11H2. The Kier molecular flexibility index (Phi) is 4.72. The third-order valence-electron chi connectivity index (χ3n) is 4.30. The summed E-state index contributed by atoms with van der Waals surface area (Å²) in [4.78, 5) is 0. The summed E-state index contributed by atoms with van der Waals surface area (Å²) in [6.45, 7) is 0.834. The molecule has 3 rings (SSSR count). The zero-order chi connectivity index (χ0) is 17.4. The van der Waals surface area contributed by atoms with Crippen LogP contribution in [0.25, 0.3) is 0 Å². The van der Waals surface area contributed by atoms with E-state index in [0.717, 1.165) is 35.9 Å². The zero-order valence-corrected chi connectivity index (χ0v) is 13.7. The second-order valence-electron chi connectivity index (χ2n) is 5.99. The number of ether oxygens (including phenoxy) is 1. The minimum absolute atomic E-state index is 0.0442. The van der Waals surface area contributed by atoms with Crippen LogP contribution in [0.4, 0.5) is 13.2 Å². The van der Waals surface area contributed by atoms with Gasteiger partial charge in [-0.2, -0.15) is 17.5 Å². The Labute approximate surface area is 139 Å². The predicted octanol–water partition coefficient (Wildman–Crippen LogP) is 3.09. The fourth-order valence-corrected chi connectivity index (χ4v) is 4.16. The number of hydrogen-bond acceptors (Lipinski definition) is 3. The number of alkyl halides is 3. The van der Waals surface area contributed by atoms with Crippen molar-refractivity contribution < 1.29 is 26.3 Å². The highest BCUT2D eigenvalue weighted by Crippen LogP contribution is 2.32. The molecule has 2 heterocycles. The number of halogens is 3. The second kappa shape index (κ2) is 6.50. The van der Waals surface area contributed by atoms with Crippen molar-refractivity contribution in [2.75, 3.05) is 13.2 Å². The summed E-state index contributed by atoms with van der Waals surface area (Å²) >= 11 is 0. The molecule has 0 aromatic heterocycles. The molecule has 1 aromatic carbocycles. The quantitative estimate of drug-likeness (QED) is 0.831. The van der Waals surface area contributed by atoms with Crippen molar-refractivity contribution in [2.45, 2.75) is 38.1 Å². The van der Waals surface area contributed by atoms with Crippen LogP contribution in [-0.4, -0.2) is 32.0 Å². The van der Waals surface area contributed by atoms with Crippen LogP contribution in [0.3, 0.4) is 0 Å². The molecule has 0 N–H and O–H groups in total. The van der Waals surface area contributed by atoms with Gasteiger partial charge in [-0.15, -0.1) is 0 Å². The fraction of sp³-hybridized carbons (Fsp3) is 0.500. The minimum atomic E-state index is -4.43. The van der Waals surface area contributed by atoms with Crippen molar-refractivity contribution in [3.63, 3.8) is 0 Å². The molecule has 0 amide bonds. The fourth-order valence-electron chi connectivity index (χ4n) is 2.95. The normalized spacial score (nSPS) is 22.9. The number of fused-ring (bicyclic) bond motifs is 1. The Morgan fingerprint density at radius 1 is 1.25 bits per heavy atom. The van der Waals surface area contributed by atoms with Gasteiger partial charge < -0.3 is 4.74 Å². The molecule has 0 saturated carbocycles. The number of rotatable bonds is 3. The summed E-state index contributed by atoms with van der Waals surface area (Å²) in [5, 5.41) is 1.11. The summed E-state index contributed by atoms with van der Waals surface area (Å²) in [7, 11) is -3.67. The van der Waals surface area contributed by atoms with E-state index in [9.17, 15) is 21.6 Å². The first-order valence-corrected chi connectivity index (χ1v) is 9.25. The molecule has 1 aromatic rings. The molecule has 1 saturated heterocycles. The summed E-state index contributed by atoms with van der Waals surface area (Å²) in [5.41, 5.74) is 0.415. The van der Waals surface area contributed by atoms with Crippen molar-refractivity contribution in [2.24, 2.45) is 0 Å². The average Bonchev–Trinajstić information content (AvgIpc) is 3.04. The van der Waals surface area contributed by atoms with Gasteiger partial charge in [-0.3, -0.25) is 0 Å². The smallest absolute Gasteiger partial charge is 0.374 e. The van der Waals surface area contributed by atoms with E-state index in [0.29, 0.717) is 18.6 Å². The van der Waals surface area contributed by atoms with Crippen LogP contribution in [0.15, 0.2) is 29.7 Å². The monoisotopic (exact) mass is 361 g/mol. The van der Waals surface area contributed by atoms with E-state index in [4.69, 9.17) is 4.74 Å². The van der Waals surface area contributed by atoms with Gasteiger partial charge in [-0.25, -0.2) is 8.42 Å². The van der Waals surface area contributed by atoms with Gasteiger partial charge in [0.15, 0.2) is 0 Å². The van der Waals surface area contributed by atoms with Crippen molar-refractivity contribution in [3.05, 3.63) is 46.4 Å². The van der Waals surface area contributed by atoms with Crippen LogP contribution >= 0.6 is 0 Å². The zero-order valence-electron chi connectivity index (χ0n) is 12.9. The molecular formula is C16H18F3NO3S.